The molecule has 0 radical (unpaired) electrons. The maximum absolute atomic E-state index is 5.78. The van der Waals surface area contributed by atoms with Gasteiger partial charge >= 0.3 is 0 Å². The van der Waals surface area contributed by atoms with Crippen LogP contribution in [0.2, 0.25) is 0 Å². The van der Waals surface area contributed by atoms with Crippen molar-refractivity contribution in [2.45, 2.75) is 19.5 Å². The lowest BCUT2D eigenvalue weighted by molar-refractivity contribution is 0.287. The second-order valence-corrected chi connectivity index (χ2v) is 2.59. The first-order chi connectivity index (χ1) is 5.22. The minimum atomic E-state index is 0.0212. The number of nitrogens with two attached hydrogens (primary N) is 1. The second-order valence-electron chi connectivity index (χ2n) is 2.59. The highest BCUT2D eigenvalue weighted by Crippen LogP contribution is 1.92. The van der Waals surface area contributed by atoms with Crippen LogP contribution in [0.15, 0.2) is 24.8 Å². The van der Waals surface area contributed by atoms with Crippen LogP contribution in [0.25, 0.3) is 0 Å². The van der Waals surface area contributed by atoms with Crippen molar-refractivity contribution >= 4 is 0 Å². The molecule has 0 fully saturated rings. The Morgan fingerprint density at radius 2 is 2.27 bits per heavy atom. The molecule has 0 spiro atoms. The molecule has 0 unspecified atom stereocenters. The van der Waals surface area contributed by atoms with Gasteiger partial charge in [0, 0.05) is 0 Å². The van der Waals surface area contributed by atoms with Crippen molar-refractivity contribution in [2.24, 2.45) is 5.73 Å². The number of nitrogens with zero attached hydrogens (tertiary/aromatic N) is 1. The summed E-state index contributed by atoms with van der Waals surface area (Å²) in [6.07, 6.45) is 6.69. The van der Waals surface area contributed by atoms with E-state index in [2.05, 4.69) is 18.4 Å². The summed E-state index contributed by atoms with van der Waals surface area (Å²) in [5, 5.41) is 0. The summed E-state index contributed by atoms with van der Waals surface area (Å²) < 4.78 is 0. The van der Waals surface area contributed by atoms with Crippen LogP contribution in [0.5, 0.6) is 0 Å². The van der Waals surface area contributed by atoms with Gasteiger partial charge in [0.1, 0.15) is 0 Å². The Kier molecular flexibility index (Phi) is 5.80. The highest BCUT2D eigenvalue weighted by atomic mass is 15.2. The van der Waals surface area contributed by atoms with Crippen molar-refractivity contribution in [3.63, 3.8) is 0 Å². The van der Waals surface area contributed by atoms with Gasteiger partial charge in [-0.2, -0.15) is 0 Å². The van der Waals surface area contributed by atoms with E-state index < -0.39 is 0 Å². The van der Waals surface area contributed by atoms with E-state index in [0.29, 0.717) is 0 Å². The molecule has 0 bridgehead atoms. The van der Waals surface area contributed by atoms with Crippen LogP contribution in [0.3, 0.4) is 0 Å². The van der Waals surface area contributed by atoms with Crippen molar-refractivity contribution in [1.29, 1.82) is 0 Å². The third-order valence-electron chi connectivity index (χ3n) is 1.53. The van der Waals surface area contributed by atoms with E-state index in [9.17, 15) is 0 Å². The van der Waals surface area contributed by atoms with Gasteiger partial charge in [-0.15, -0.1) is 0 Å². The van der Waals surface area contributed by atoms with Crippen LogP contribution in [-0.4, -0.2) is 24.7 Å². The SMILES string of the molecule is C=CC=C[C@H](N)N(C)CCC. The Balaban J connectivity index is 3.71. The van der Waals surface area contributed by atoms with E-state index in [1.165, 1.54) is 0 Å². The van der Waals surface area contributed by atoms with E-state index in [0.717, 1.165) is 13.0 Å². The highest BCUT2D eigenvalue weighted by molar-refractivity contribution is 5.01. The summed E-state index contributed by atoms with van der Waals surface area (Å²) in [6.45, 7) is 6.75. The Labute approximate surface area is 69.4 Å². The quantitative estimate of drug-likeness (QED) is 0.478. The number of rotatable bonds is 5. The normalized spacial score (nSPS) is 14.2. The van der Waals surface area contributed by atoms with Gasteiger partial charge in [0.15, 0.2) is 0 Å². The molecule has 0 aliphatic carbocycles. The molecule has 11 heavy (non-hydrogen) atoms. The van der Waals surface area contributed by atoms with Gasteiger partial charge in [0.05, 0.1) is 6.17 Å². The molecule has 0 amide bonds. The van der Waals surface area contributed by atoms with E-state index >= 15 is 0 Å². The van der Waals surface area contributed by atoms with Crippen LogP contribution in [0.1, 0.15) is 13.3 Å². The summed E-state index contributed by atoms with van der Waals surface area (Å²) >= 11 is 0. The molecule has 0 heterocycles. The lowest BCUT2D eigenvalue weighted by Gasteiger charge is -2.20. The fourth-order valence-corrected chi connectivity index (χ4v) is 0.841. The molecule has 64 valence electrons. The average molecular weight is 154 g/mol. The van der Waals surface area contributed by atoms with Crippen LogP contribution < -0.4 is 5.73 Å². The second kappa shape index (κ2) is 6.13. The topological polar surface area (TPSA) is 29.3 Å². The molecule has 0 aromatic heterocycles. The lowest BCUT2D eigenvalue weighted by atomic mass is 10.3. The van der Waals surface area contributed by atoms with Gasteiger partial charge < -0.3 is 5.73 Å². The van der Waals surface area contributed by atoms with Gasteiger partial charge in [-0.25, -0.2) is 0 Å². The molecule has 0 aromatic carbocycles. The Bertz CT molecular complexity index is 130. The predicted octanol–water partition coefficient (Wildman–Crippen LogP) is 1.36. The van der Waals surface area contributed by atoms with Crippen LogP contribution in [0.4, 0.5) is 0 Å². The fourth-order valence-electron chi connectivity index (χ4n) is 0.841. The van der Waals surface area contributed by atoms with Crippen LogP contribution >= 0.6 is 0 Å². The maximum Gasteiger partial charge on any atom is 0.0764 e. The molecular weight excluding hydrogens is 136 g/mol. The molecule has 0 saturated carbocycles. The zero-order valence-electron chi connectivity index (χ0n) is 7.46. The smallest absolute Gasteiger partial charge is 0.0764 e. The molecule has 1 atom stereocenters. The van der Waals surface area contributed by atoms with Crippen molar-refractivity contribution in [3.05, 3.63) is 24.8 Å². The third-order valence-corrected chi connectivity index (χ3v) is 1.53. The first-order valence-corrected chi connectivity index (χ1v) is 3.97. The summed E-state index contributed by atoms with van der Waals surface area (Å²) in [5.74, 6) is 0. The maximum atomic E-state index is 5.78. The summed E-state index contributed by atoms with van der Waals surface area (Å²) in [5.41, 5.74) is 5.78. The molecular formula is C9H18N2. The predicted molar refractivity (Wildman–Crippen MR) is 50.2 cm³/mol. The van der Waals surface area contributed by atoms with Gasteiger partial charge in [0.2, 0.25) is 0 Å². The third kappa shape index (κ3) is 4.76. The first kappa shape index (κ1) is 10.4. The van der Waals surface area contributed by atoms with Gasteiger partial charge in [-0.1, -0.05) is 31.7 Å². The minimum Gasteiger partial charge on any atom is -0.312 e. The van der Waals surface area contributed by atoms with Crippen molar-refractivity contribution < 1.29 is 0 Å². The summed E-state index contributed by atoms with van der Waals surface area (Å²) in [4.78, 5) is 2.10. The van der Waals surface area contributed by atoms with Crippen molar-refractivity contribution in [3.8, 4) is 0 Å². The lowest BCUT2D eigenvalue weighted by Crippen LogP contribution is -2.37. The van der Waals surface area contributed by atoms with E-state index in [1.807, 2.05) is 19.2 Å². The zero-order chi connectivity index (χ0) is 8.69. The first-order valence-electron chi connectivity index (χ1n) is 3.97. The molecule has 2 nitrogen and oxygen atoms in total. The average Bonchev–Trinajstić information content (AvgIpc) is 2.00. The molecule has 0 aromatic rings. The van der Waals surface area contributed by atoms with E-state index in [1.54, 1.807) is 6.08 Å². The van der Waals surface area contributed by atoms with Gasteiger partial charge in [0.25, 0.3) is 0 Å². The van der Waals surface area contributed by atoms with E-state index in [4.69, 9.17) is 5.73 Å². The Morgan fingerprint density at radius 3 is 2.73 bits per heavy atom. The standard InChI is InChI=1S/C9H18N2/c1-4-6-7-9(10)11(3)8-5-2/h4,6-7,9H,1,5,8,10H2,2-3H3/t9-/m1/s1. The number of allylic oxidation sites excluding steroid dienone is 2. The summed E-state index contributed by atoms with van der Waals surface area (Å²) in [6, 6.07) is 0. The molecule has 2 heteroatoms. The molecule has 2 N–H and O–H groups in total. The molecule has 0 rings (SSSR count). The Morgan fingerprint density at radius 1 is 1.64 bits per heavy atom. The van der Waals surface area contributed by atoms with Crippen molar-refractivity contribution in [1.82, 2.24) is 4.90 Å². The van der Waals surface area contributed by atoms with Crippen molar-refractivity contribution in [2.75, 3.05) is 13.6 Å². The highest BCUT2D eigenvalue weighted by Gasteiger charge is 2.02. The van der Waals surface area contributed by atoms with Crippen LogP contribution in [0, 0.1) is 0 Å². The number of hydrogen-bond donors (Lipinski definition) is 1. The number of likely N-dealkylation sites (N-methyl/N-ethyl adjacent to an activating group) is 1. The monoisotopic (exact) mass is 154 g/mol. The minimum absolute atomic E-state index is 0.0212. The number of hydrogen-bond acceptors (Lipinski definition) is 2. The van der Waals surface area contributed by atoms with Gasteiger partial charge in [-0.05, 0) is 20.0 Å². The molecule has 0 aliphatic rings. The molecule has 0 aliphatic heterocycles. The van der Waals surface area contributed by atoms with E-state index in [-0.39, 0.29) is 6.17 Å². The summed E-state index contributed by atoms with van der Waals surface area (Å²) in [7, 11) is 2.02. The van der Waals surface area contributed by atoms with Crippen LogP contribution in [-0.2, 0) is 0 Å². The van der Waals surface area contributed by atoms with Gasteiger partial charge in [-0.3, -0.25) is 4.90 Å². The Hall–Kier alpha value is -0.600. The fraction of sp³-hybridized carbons (Fsp3) is 0.556. The zero-order valence-corrected chi connectivity index (χ0v) is 7.46. The molecule has 0 saturated heterocycles. The largest absolute Gasteiger partial charge is 0.312 e.